The molecule has 0 heterocycles. The van der Waals surface area contributed by atoms with E-state index in [1.807, 2.05) is 19.1 Å². The molecule has 0 aromatic heterocycles. The van der Waals surface area contributed by atoms with Crippen molar-refractivity contribution < 1.29 is 23.9 Å². The Morgan fingerprint density at radius 1 is 0.711 bits per heavy atom. The molecule has 1 N–H and O–H groups in total. The average Bonchev–Trinajstić information content (AvgIpc) is 2.91. The van der Waals surface area contributed by atoms with Crippen LogP contribution in [0.1, 0.15) is 42.2 Å². The van der Waals surface area contributed by atoms with Crippen molar-refractivity contribution in [3.63, 3.8) is 0 Å². The van der Waals surface area contributed by atoms with Crippen LogP contribution in [0.3, 0.4) is 0 Å². The minimum Gasteiger partial charge on any atom is -0.423 e. The molecule has 7 nitrogen and oxygen atoms in total. The van der Waals surface area contributed by atoms with Crippen LogP contribution in [0.2, 0.25) is 10.0 Å². The summed E-state index contributed by atoms with van der Waals surface area (Å²) in [6.07, 6.45) is 1.32. The van der Waals surface area contributed by atoms with E-state index in [4.69, 9.17) is 32.7 Å². The van der Waals surface area contributed by atoms with Crippen molar-refractivity contribution in [2.75, 3.05) is 0 Å². The summed E-state index contributed by atoms with van der Waals surface area (Å²) in [6, 6.07) is 23.8. The predicted molar refractivity (Wildman–Crippen MR) is 146 cm³/mol. The number of benzene rings is 4. The third-order valence-electron chi connectivity index (χ3n) is 5.24. The number of hydrogen-bond donors (Lipinski definition) is 1. The molecule has 0 atom stereocenters. The smallest absolute Gasteiger partial charge is 0.343 e. The summed E-state index contributed by atoms with van der Waals surface area (Å²) in [5, 5.41) is 4.94. The number of ether oxygens (including phenoxy) is 2. The Hall–Kier alpha value is -4.46. The Labute approximate surface area is 228 Å². The summed E-state index contributed by atoms with van der Waals surface area (Å²) in [5.74, 6) is -1.51. The second-order valence-electron chi connectivity index (χ2n) is 8.06. The summed E-state index contributed by atoms with van der Waals surface area (Å²) in [4.78, 5) is 37.7. The fraction of sp³-hybridized carbons (Fsp3) is 0.0345. The number of halogens is 2. The van der Waals surface area contributed by atoms with Gasteiger partial charge in [0.2, 0.25) is 0 Å². The first kappa shape index (κ1) is 26.6. The molecule has 0 fully saturated rings. The number of amides is 1. The third kappa shape index (κ3) is 7.06. The van der Waals surface area contributed by atoms with Crippen LogP contribution in [-0.4, -0.2) is 24.1 Å². The molecule has 0 aliphatic heterocycles. The van der Waals surface area contributed by atoms with Crippen molar-refractivity contribution in [3.05, 3.63) is 129 Å². The van der Waals surface area contributed by atoms with Crippen molar-refractivity contribution in [2.45, 2.75) is 6.92 Å². The summed E-state index contributed by atoms with van der Waals surface area (Å²) >= 11 is 11.8. The first-order valence-corrected chi connectivity index (χ1v) is 12.0. The zero-order valence-electron chi connectivity index (χ0n) is 20.0. The summed E-state index contributed by atoms with van der Waals surface area (Å²) in [5.41, 5.74) is 4.79. The molecule has 38 heavy (non-hydrogen) atoms. The Bertz CT molecular complexity index is 1500. The van der Waals surface area contributed by atoms with E-state index in [9.17, 15) is 14.4 Å². The largest absolute Gasteiger partial charge is 0.423 e. The minimum atomic E-state index is -0.666. The summed E-state index contributed by atoms with van der Waals surface area (Å²) in [6.45, 7) is 1.92. The highest BCUT2D eigenvalue weighted by atomic mass is 35.5. The van der Waals surface area contributed by atoms with Gasteiger partial charge in [0.15, 0.2) is 0 Å². The fourth-order valence-corrected chi connectivity index (χ4v) is 3.45. The van der Waals surface area contributed by atoms with Crippen molar-refractivity contribution >= 4 is 47.3 Å². The zero-order chi connectivity index (χ0) is 27.1. The number of carbonyl (C=O) groups excluding carboxylic acids is 3. The van der Waals surface area contributed by atoms with Crippen molar-refractivity contribution in [1.29, 1.82) is 0 Å². The molecule has 0 saturated heterocycles. The molecule has 0 aliphatic carbocycles. The number of hydrogen-bond acceptors (Lipinski definition) is 6. The second-order valence-corrected chi connectivity index (χ2v) is 8.93. The number of aryl methyl sites for hydroxylation is 1. The average molecular weight is 547 g/mol. The monoisotopic (exact) mass is 546 g/mol. The number of nitrogens with zero attached hydrogens (tertiary/aromatic N) is 1. The Morgan fingerprint density at radius 2 is 1.24 bits per heavy atom. The molecule has 1 amide bonds. The van der Waals surface area contributed by atoms with Crippen LogP contribution in [0.25, 0.3) is 0 Å². The standard InChI is InChI=1S/C29H20Cl2N2O5/c1-18-2-4-19(5-3-18)27(34)33-32-17-22-10-15-25(37-28(35)20-6-11-23(30)12-7-20)16-26(22)38-29(36)21-8-13-24(31)14-9-21/h2-17H,1H3,(H,33,34). The molecule has 0 spiro atoms. The lowest BCUT2D eigenvalue weighted by molar-refractivity contribution is 0.0732. The lowest BCUT2D eigenvalue weighted by atomic mass is 10.1. The predicted octanol–water partition coefficient (Wildman–Crippen LogP) is 6.50. The number of esters is 2. The molecule has 9 heteroatoms. The summed E-state index contributed by atoms with van der Waals surface area (Å²) in [7, 11) is 0. The van der Waals surface area contributed by atoms with E-state index in [-0.39, 0.29) is 17.1 Å². The summed E-state index contributed by atoms with van der Waals surface area (Å²) < 4.78 is 11.0. The number of rotatable bonds is 7. The van der Waals surface area contributed by atoms with Crippen molar-refractivity contribution in [2.24, 2.45) is 5.10 Å². The molecular formula is C29H20Cl2N2O5. The van der Waals surface area contributed by atoms with Crippen LogP contribution >= 0.6 is 23.2 Å². The van der Waals surface area contributed by atoms with E-state index in [2.05, 4.69) is 10.5 Å². The van der Waals surface area contributed by atoms with Crippen LogP contribution in [-0.2, 0) is 0 Å². The van der Waals surface area contributed by atoms with Gasteiger partial charge in [-0.05, 0) is 79.7 Å². The van der Waals surface area contributed by atoms with E-state index in [0.29, 0.717) is 26.7 Å². The molecular weight excluding hydrogens is 527 g/mol. The quantitative estimate of drug-likeness (QED) is 0.123. The minimum absolute atomic E-state index is 0.0553. The number of nitrogens with one attached hydrogen (secondary N) is 1. The van der Waals surface area contributed by atoms with E-state index < -0.39 is 17.8 Å². The Kier molecular flexibility index (Phi) is 8.53. The van der Waals surface area contributed by atoms with Gasteiger partial charge in [0.1, 0.15) is 11.5 Å². The molecule has 0 radical (unpaired) electrons. The van der Waals surface area contributed by atoms with Gasteiger partial charge in [0, 0.05) is 27.2 Å². The Morgan fingerprint density at radius 3 is 1.82 bits per heavy atom. The molecule has 190 valence electrons. The molecule has 0 saturated carbocycles. The van der Waals surface area contributed by atoms with Gasteiger partial charge in [-0.1, -0.05) is 40.9 Å². The molecule has 0 unspecified atom stereocenters. The second kappa shape index (κ2) is 12.2. The first-order chi connectivity index (χ1) is 18.3. The maximum Gasteiger partial charge on any atom is 0.343 e. The lowest BCUT2D eigenvalue weighted by Gasteiger charge is -2.11. The van der Waals surface area contributed by atoms with Crippen LogP contribution in [0, 0.1) is 6.92 Å². The third-order valence-corrected chi connectivity index (χ3v) is 5.75. The van der Waals surface area contributed by atoms with Crippen molar-refractivity contribution in [3.8, 4) is 11.5 Å². The van der Waals surface area contributed by atoms with Crippen LogP contribution in [0.15, 0.2) is 96.1 Å². The van der Waals surface area contributed by atoms with Crippen LogP contribution in [0.5, 0.6) is 11.5 Å². The molecule has 0 aliphatic rings. The van der Waals surface area contributed by atoms with Crippen LogP contribution < -0.4 is 14.9 Å². The normalized spacial score (nSPS) is 10.7. The highest BCUT2D eigenvalue weighted by Gasteiger charge is 2.15. The molecule has 4 rings (SSSR count). The first-order valence-electron chi connectivity index (χ1n) is 11.3. The maximum atomic E-state index is 12.8. The molecule has 4 aromatic rings. The topological polar surface area (TPSA) is 94.1 Å². The van der Waals surface area contributed by atoms with Gasteiger partial charge >= 0.3 is 11.9 Å². The number of hydrazone groups is 1. The lowest BCUT2D eigenvalue weighted by Crippen LogP contribution is -2.17. The maximum absolute atomic E-state index is 12.8. The van der Waals surface area contributed by atoms with Gasteiger partial charge < -0.3 is 9.47 Å². The van der Waals surface area contributed by atoms with Gasteiger partial charge in [-0.15, -0.1) is 0 Å². The van der Waals surface area contributed by atoms with Crippen molar-refractivity contribution in [1.82, 2.24) is 5.43 Å². The van der Waals surface area contributed by atoms with E-state index in [1.165, 1.54) is 48.7 Å². The molecule has 0 bridgehead atoms. The number of carbonyl (C=O) groups is 3. The highest BCUT2D eigenvalue weighted by Crippen LogP contribution is 2.26. The zero-order valence-corrected chi connectivity index (χ0v) is 21.5. The van der Waals surface area contributed by atoms with Gasteiger partial charge in [-0.3, -0.25) is 4.79 Å². The molecule has 4 aromatic carbocycles. The SMILES string of the molecule is Cc1ccc(C(=O)NN=Cc2ccc(OC(=O)c3ccc(Cl)cc3)cc2OC(=O)c2ccc(Cl)cc2)cc1. The van der Waals surface area contributed by atoms with Gasteiger partial charge in [0.25, 0.3) is 5.91 Å². The van der Waals surface area contributed by atoms with Gasteiger partial charge in [-0.25, -0.2) is 15.0 Å². The van der Waals surface area contributed by atoms with E-state index in [0.717, 1.165) is 5.56 Å². The van der Waals surface area contributed by atoms with Gasteiger partial charge in [-0.2, -0.15) is 5.10 Å². The van der Waals surface area contributed by atoms with E-state index >= 15 is 0 Å². The van der Waals surface area contributed by atoms with E-state index in [1.54, 1.807) is 36.4 Å². The highest BCUT2D eigenvalue weighted by molar-refractivity contribution is 6.31. The van der Waals surface area contributed by atoms with Gasteiger partial charge in [0.05, 0.1) is 17.3 Å². The Balaban J connectivity index is 1.56. The van der Waals surface area contributed by atoms with Crippen LogP contribution in [0.4, 0.5) is 0 Å². The fourth-order valence-electron chi connectivity index (χ4n) is 3.20.